The van der Waals surface area contributed by atoms with Gasteiger partial charge >= 0.3 is 6.03 Å². The third kappa shape index (κ3) is 4.60. The van der Waals surface area contributed by atoms with Gasteiger partial charge in [-0.3, -0.25) is 9.69 Å². The summed E-state index contributed by atoms with van der Waals surface area (Å²) in [5, 5.41) is 13.3. The first kappa shape index (κ1) is 24.7. The molecular formula is C26H22Cl3N3O4. The molecule has 3 aromatic rings. The van der Waals surface area contributed by atoms with E-state index in [0.29, 0.717) is 51.7 Å². The second-order valence-corrected chi connectivity index (χ2v) is 9.76. The van der Waals surface area contributed by atoms with Gasteiger partial charge in [0.15, 0.2) is 0 Å². The summed E-state index contributed by atoms with van der Waals surface area (Å²) in [6.07, 6.45) is 0.345. The lowest BCUT2D eigenvalue weighted by molar-refractivity contribution is -0.133. The number of rotatable bonds is 5. The first-order valence-corrected chi connectivity index (χ1v) is 12.5. The van der Waals surface area contributed by atoms with Crippen LogP contribution in [0, 0.1) is 0 Å². The molecule has 3 amide bonds. The molecule has 3 aromatic carbocycles. The maximum atomic E-state index is 13.1. The molecule has 0 spiro atoms. The highest BCUT2D eigenvalue weighted by Crippen LogP contribution is 2.46. The Morgan fingerprint density at radius 2 is 1.75 bits per heavy atom. The first-order valence-electron chi connectivity index (χ1n) is 11.4. The molecular weight excluding hydrogens is 525 g/mol. The van der Waals surface area contributed by atoms with Crippen LogP contribution in [0.25, 0.3) is 11.1 Å². The number of nitrogens with zero attached hydrogens (tertiary/aromatic N) is 2. The van der Waals surface area contributed by atoms with Crippen molar-refractivity contribution in [3.05, 3.63) is 75.2 Å². The van der Waals surface area contributed by atoms with Crippen molar-refractivity contribution in [2.45, 2.75) is 19.1 Å². The van der Waals surface area contributed by atoms with Crippen LogP contribution in [0.4, 0.5) is 16.2 Å². The molecule has 1 saturated heterocycles. The summed E-state index contributed by atoms with van der Waals surface area (Å²) in [5.74, 6) is 0.175. The quantitative estimate of drug-likeness (QED) is 0.433. The van der Waals surface area contributed by atoms with Gasteiger partial charge in [-0.15, -0.1) is 0 Å². The fraction of sp³-hybridized carbons (Fsp3) is 0.231. The Balaban J connectivity index is 1.63. The van der Waals surface area contributed by atoms with Crippen LogP contribution in [0.3, 0.4) is 0 Å². The number of urea groups is 1. The normalized spacial score (nSPS) is 17.1. The molecule has 186 valence electrons. The number of aliphatic hydroxyl groups excluding tert-OH is 1. The van der Waals surface area contributed by atoms with E-state index < -0.39 is 6.61 Å². The number of benzene rings is 3. The summed E-state index contributed by atoms with van der Waals surface area (Å²) in [6, 6.07) is 15.8. The van der Waals surface area contributed by atoms with E-state index in [9.17, 15) is 14.7 Å². The summed E-state index contributed by atoms with van der Waals surface area (Å²) < 4.78 is 6.31. The number of aliphatic hydroxyl groups is 1. The Morgan fingerprint density at radius 3 is 2.47 bits per heavy atom. The van der Waals surface area contributed by atoms with Gasteiger partial charge in [0.25, 0.3) is 0 Å². The van der Waals surface area contributed by atoms with Crippen LogP contribution in [0.2, 0.25) is 15.1 Å². The zero-order chi connectivity index (χ0) is 25.4. The molecule has 2 aliphatic heterocycles. The molecule has 0 aliphatic carbocycles. The number of halogens is 3. The number of para-hydroxylation sites is 1. The van der Waals surface area contributed by atoms with Crippen LogP contribution in [-0.2, 0) is 11.3 Å². The molecule has 0 aromatic heterocycles. The van der Waals surface area contributed by atoms with Gasteiger partial charge in [-0.1, -0.05) is 59.1 Å². The number of amides is 3. The highest BCUT2D eigenvalue weighted by atomic mass is 35.5. The molecule has 10 heteroatoms. The number of hydrogen-bond acceptors (Lipinski definition) is 4. The van der Waals surface area contributed by atoms with Gasteiger partial charge in [-0.2, -0.15) is 0 Å². The second-order valence-electron chi connectivity index (χ2n) is 8.54. The van der Waals surface area contributed by atoms with E-state index in [1.165, 1.54) is 4.90 Å². The van der Waals surface area contributed by atoms with Crippen LogP contribution in [-0.4, -0.2) is 47.7 Å². The Hall–Kier alpha value is -2.97. The van der Waals surface area contributed by atoms with Crippen molar-refractivity contribution < 1.29 is 19.4 Å². The standard InChI is InChI=1S/C26H22Cl3N3O4/c27-20-5-2-1-4-17(20)18-10-16(36-15-8-9-31(13-15)24(34)14-33)11-23-19(18)12-30-26(35)32(23)25-21(28)6-3-7-22(25)29/h1-7,10-11,15,33H,8-9,12-14H2,(H,30,35)/t15-/m0/s1. The maximum absolute atomic E-state index is 13.1. The highest BCUT2D eigenvalue weighted by molar-refractivity contribution is 6.40. The summed E-state index contributed by atoms with van der Waals surface area (Å²) in [7, 11) is 0. The van der Waals surface area contributed by atoms with Crippen molar-refractivity contribution in [1.82, 2.24) is 10.2 Å². The molecule has 1 fully saturated rings. The van der Waals surface area contributed by atoms with Crippen molar-refractivity contribution in [3.63, 3.8) is 0 Å². The monoisotopic (exact) mass is 545 g/mol. The molecule has 0 saturated carbocycles. The van der Waals surface area contributed by atoms with Gasteiger partial charge < -0.3 is 20.1 Å². The van der Waals surface area contributed by atoms with Gasteiger partial charge in [-0.25, -0.2) is 4.79 Å². The Kier molecular flexibility index (Phi) is 6.99. The average molecular weight is 547 g/mol. The molecule has 0 unspecified atom stereocenters. The number of carbonyl (C=O) groups excluding carboxylic acids is 2. The predicted molar refractivity (Wildman–Crippen MR) is 140 cm³/mol. The zero-order valence-corrected chi connectivity index (χ0v) is 21.3. The predicted octanol–water partition coefficient (Wildman–Crippen LogP) is 5.65. The van der Waals surface area contributed by atoms with Crippen LogP contribution in [0.15, 0.2) is 54.6 Å². The number of carbonyl (C=O) groups is 2. The molecule has 36 heavy (non-hydrogen) atoms. The summed E-state index contributed by atoms with van der Waals surface area (Å²) >= 11 is 19.6. The van der Waals surface area contributed by atoms with E-state index in [-0.39, 0.29) is 24.6 Å². The van der Waals surface area contributed by atoms with E-state index in [1.807, 2.05) is 24.3 Å². The van der Waals surface area contributed by atoms with E-state index in [2.05, 4.69) is 5.32 Å². The molecule has 0 bridgehead atoms. The Bertz CT molecular complexity index is 1330. The van der Waals surface area contributed by atoms with Crippen molar-refractivity contribution in [3.8, 4) is 16.9 Å². The SMILES string of the molecule is O=C(CO)N1CC[C@H](Oc2cc(-c3ccccc3Cl)c3c(c2)N(c2c(Cl)cccc2Cl)C(=O)NC3)C1. The second kappa shape index (κ2) is 10.2. The molecule has 2 heterocycles. The zero-order valence-electron chi connectivity index (χ0n) is 19.0. The maximum Gasteiger partial charge on any atom is 0.326 e. The molecule has 7 nitrogen and oxygen atoms in total. The molecule has 2 N–H and O–H groups in total. The fourth-order valence-electron chi connectivity index (χ4n) is 4.62. The van der Waals surface area contributed by atoms with Crippen molar-refractivity contribution in [1.29, 1.82) is 0 Å². The highest BCUT2D eigenvalue weighted by Gasteiger charge is 2.33. The van der Waals surface area contributed by atoms with Gasteiger partial charge in [0.2, 0.25) is 5.91 Å². The topological polar surface area (TPSA) is 82.1 Å². The molecule has 1 atom stereocenters. The number of hydrogen-bond donors (Lipinski definition) is 2. The van der Waals surface area contributed by atoms with Crippen molar-refractivity contribution in [2.24, 2.45) is 0 Å². The van der Waals surface area contributed by atoms with Crippen LogP contribution in [0.5, 0.6) is 5.75 Å². The fourth-order valence-corrected chi connectivity index (χ4v) is 5.43. The Labute approximate surface area is 223 Å². The largest absolute Gasteiger partial charge is 0.488 e. The summed E-state index contributed by atoms with van der Waals surface area (Å²) in [4.78, 5) is 28.1. The van der Waals surface area contributed by atoms with E-state index >= 15 is 0 Å². The minimum atomic E-state index is -0.537. The third-order valence-corrected chi connectivity index (χ3v) is 7.26. The minimum Gasteiger partial charge on any atom is -0.488 e. The van der Waals surface area contributed by atoms with E-state index in [1.54, 1.807) is 35.2 Å². The summed E-state index contributed by atoms with van der Waals surface area (Å²) in [6.45, 7) is 0.593. The van der Waals surface area contributed by atoms with Crippen LogP contribution < -0.4 is 15.0 Å². The lowest BCUT2D eigenvalue weighted by Gasteiger charge is -2.33. The van der Waals surface area contributed by atoms with Gasteiger partial charge in [0, 0.05) is 41.7 Å². The lowest BCUT2D eigenvalue weighted by Crippen LogP contribution is -2.41. The smallest absolute Gasteiger partial charge is 0.326 e. The number of nitrogens with one attached hydrogen (secondary N) is 1. The van der Waals surface area contributed by atoms with Gasteiger partial charge in [0.1, 0.15) is 18.5 Å². The molecule has 2 aliphatic rings. The minimum absolute atomic E-state index is 0.271. The van der Waals surface area contributed by atoms with E-state index in [0.717, 1.165) is 16.7 Å². The van der Waals surface area contributed by atoms with Crippen LogP contribution >= 0.6 is 34.8 Å². The van der Waals surface area contributed by atoms with Crippen molar-refractivity contribution in [2.75, 3.05) is 24.6 Å². The molecule has 5 rings (SSSR count). The number of likely N-dealkylation sites (tertiary alicyclic amines) is 1. The van der Waals surface area contributed by atoms with Gasteiger partial charge in [0.05, 0.1) is 28.0 Å². The first-order chi connectivity index (χ1) is 17.4. The number of ether oxygens (including phenoxy) is 1. The van der Waals surface area contributed by atoms with Crippen LogP contribution in [0.1, 0.15) is 12.0 Å². The number of fused-ring (bicyclic) bond motifs is 1. The third-order valence-electron chi connectivity index (χ3n) is 6.32. The summed E-state index contributed by atoms with van der Waals surface area (Å²) in [5.41, 5.74) is 3.34. The average Bonchev–Trinajstić information content (AvgIpc) is 3.33. The van der Waals surface area contributed by atoms with Gasteiger partial charge in [-0.05, 0) is 29.8 Å². The van der Waals surface area contributed by atoms with E-state index in [4.69, 9.17) is 39.5 Å². The molecule has 0 radical (unpaired) electrons. The lowest BCUT2D eigenvalue weighted by atomic mass is 9.95. The van der Waals surface area contributed by atoms with Crippen molar-refractivity contribution >= 4 is 58.1 Å². The number of anilines is 2. The Morgan fingerprint density at radius 1 is 1.03 bits per heavy atom.